The first-order valence-corrected chi connectivity index (χ1v) is 8.01. The average molecular weight is 253 g/mol. The first kappa shape index (κ1) is 14.7. The quantitative estimate of drug-likeness (QED) is 0.615. The van der Waals surface area contributed by atoms with E-state index >= 15 is 0 Å². The van der Waals surface area contributed by atoms with E-state index in [0.29, 0.717) is 6.04 Å². The van der Waals surface area contributed by atoms with E-state index in [2.05, 4.69) is 37.5 Å². The molecule has 1 heterocycles. The number of nitrogens with one attached hydrogen (secondary N) is 1. The van der Waals surface area contributed by atoms with Gasteiger partial charge in [-0.1, -0.05) is 46.5 Å². The van der Waals surface area contributed by atoms with E-state index in [1.54, 1.807) is 4.88 Å². The number of aryl methyl sites for hydroxylation is 1. The van der Waals surface area contributed by atoms with E-state index in [1.165, 1.54) is 37.7 Å². The second-order valence-corrected chi connectivity index (χ2v) is 5.57. The summed E-state index contributed by atoms with van der Waals surface area (Å²) < 4.78 is 0. The molecule has 1 atom stereocenters. The molecular weight excluding hydrogens is 226 g/mol. The van der Waals surface area contributed by atoms with E-state index in [1.807, 2.05) is 11.3 Å². The maximum absolute atomic E-state index is 3.65. The van der Waals surface area contributed by atoms with Crippen LogP contribution in [0.2, 0.25) is 0 Å². The van der Waals surface area contributed by atoms with Crippen molar-refractivity contribution < 1.29 is 0 Å². The molecule has 0 spiro atoms. The van der Waals surface area contributed by atoms with E-state index in [-0.39, 0.29) is 0 Å². The Morgan fingerprint density at radius 1 is 1.18 bits per heavy atom. The van der Waals surface area contributed by atoms with Crippen molar-refractivity contribution in [3.8, 4) is 0 Å². The van der Waals surface area contributed by atoms with Crippen LogP contribution in [0.25, 0.3) is 0 Å². The minimum Gasteiger partial charge on any atom is -0.310 e. The minimum absolute atomic E-state index is 0.590. The summed E-state index contributed by atoms with van der Waals surface area (Å²) in [6.45, 7) is 7.81. The van der Waals surface area contributed by atoms with Crippen molar-refractivity contribution in [2.75, 3.05) is 6.54 Å². The van der Waals surface area contributed by atoms with Crippen molar-refractivity contribution in [3.05, 3.63) is 21.9 Å². The van der Waals surface area contributed by atoms with Gasteiger partial charge in [-0.05, 0) is 36.4 Å². The fourth-order valence-electron chi connectivity index (χ4n) is 2.29. The van der Waals surface area contributed by atoms with Crippen LogP contribution in [-0.2, 0) is 6.42 Å². The fourth-order valence-corrected chi connectivity index (χ4v) is 3.40. The predicted octanol–water partition coefficient (Wildman–Crippen LogP) is 4.93. The molecule has 1 aromatic heterocycles. The summed E-state index contributed by atoms with van der Waals surface area (Å²) >= 11 is 1.92. The molecule has 1 nitrogen and oxygen atoms in total. The highest BCUT2D eigenvalue weighted by molar-refractivity contribution is 7.10. The zero-order chi connectivity index (χ0) is 12.5. The lowest BCUT2D eigenvalue weighted by Gasteiger charge is -2.18. The Balaban J connectivity index is 2.52. The molecule has 1 N–H and O–H groups in total. The lowest BCUT2D eigenvalue weighted by Crippen LogP contribution is -2.20. The van der Waals surface area contributed by atoms with Gasteiger partial charge in [-0.25, -0.2) is 0 Å². The Hall–Kier alpha value is -0.340. The molecule has 0 aliphatic carbocycles. The van der Waals surface area contributed by atoms with Crippen molar-refractivity contribution in [1.82, 2.24) is 5.32 Å². The van der Waals surface area contributed by atoms with Gasteiger partial charge in [-0.3, -0.25) is 0 Å². The van der Waals surface area contributed by atoms with Gasteiger partial charge in [0.1, 0.15) is 0 Å². The molecule has 0 aliphatic heterocycles. The van der Waals surface area contributed by atoms with Crippen LogP contribution in [0.3, 0.4) is 0 Å². The van der Waals surface area contributed by atoms with E-state index < -0.39 is 0 Å². The Kier molecular flexibility index (Phi) is 7.54. The maximum Gasteiger partial charge on any atom is 0.0417 e. The molecule has 0 bridgehead atoms. The predicted molar refractivity (Wildman–Crippen MR) is 78.9 cm³/mol. The monoisotopic (exact) mass is 253 g/mol. The molecule has 1 aromatic rings. The normalized spacial score (nSPS) is 12.9. The Labute approximate surface area is 111 Å². The zero-order valence-electron chi connectivity index (χ0n) is 11.6. The molecule has 17 heavy (non-hydrogen) atoms. The van der Waals surface area contributed by atoms with Gasteiger partial charge in [0.05, 0.1) is 0 Å². The average Bonchev–Trinajstić information content (AvgIpc) is 2.81. The molecular formula is C15H27NS. The van der Waals surface area contributed by atoms with Crippen LogP contribution in [-0.4, -0.2) is 6.54 Å². The molecule has 0 fully saturated rings. The van der Waals surface area contributed by atoms with Crippen LogP contribution < -0.4 is 5.32 Å². The van der Waals surface area contributed by atoms with Crippen LogP contribution in [0, 0.1) is 0 Å². The smallest absolute Gasteiger partial charge is 0.0417 e. The Bertz CT molecular complexity index is 293. The molecule has 98 valence electrons. The van der Waals surface area contributed by atoms with Gasteiger partial charge < -0.3 is 5.32 Å². The lowest BCUT2D eigenvalue weighted by molar-refractivity contribution is 0.485. The summed E-state index contributed by atoms with van der Waals surface area (Å²) in [5.41, 5.74) is 1.54. The van der Waals surface area contributed by atoms with Crippen LogP contribution >= 0.6 is 11.3 Å². The molecule has 0 amide bonds. The van der Waals surface area contributed by atoms with Gasteiger partial charge in [-0.2, -0.15) is 0 Å². The molecule has 0 aromatic carbocycles. The molecule has 2 heteroatoms. The Morgan fingerprint density at radius 3 is 2.65 bits per heavy atom. The highest BCUT2D eigenvalue weighted by Crippen LogP contribution is 2.28. The maximum atomic E-state index is 3.65. The summed E-state index contributed by atoms with van der Waals surface area (Å²) in [6.07, 6.45) is 7.89. The topological polar surface area (TPSA) is 12.0 Å². The van der Waals surface area contributed by atoms with Gasteiger partial charge in [0.25, 0.3) is 0 Å². The van der Waals surface area contributed by atoms with Crippen LogP contribution in [0.5, 0.6) is 0 Å². The van der Waals surface area contributed by atoms with Crippen molar-refractivity contribution in [2.24, 2.45) is 0 Å². The standard InChI is InChI=1S/C15H27NS/c1-4-7-8-9-10-14(16-6-3)15-13(5-2)11-12-17-15/h11-12,14,16H,4-10H2,1-3H3. The number of hydrogen-bond acceptors (Lipinski definition) is 2. The van der Waals surface area contributed by atoms with Crippen molar-refractivity contribution in [2.45, 2.75) is 65.3 Å². The number of hydrogen-bond donors (Lipinski definition) is 1. The Morgan fingerprint density at radius 2 is 2.00 bits per heavy atom. The first-order chi connectivity index (χ1) is 8.33. The third kappa shape index (κ3) is 4.81. The fraction of sp³-hybridized carbons (Fsp3) is 0.733. The van der Waals surface area contributed by atoms with Gasteiger partial charge in [0, 0.05) is 10.9 Å². The molecule has 1 rings (SSSR count). The second-order valence-electron chi connectivity index (χ2n) is 4.62. The summed E-state index contributed by atoms with van der Waals surface area (Å²) in [5.74, 6) is 0. The van der Waals surface area contributed by atoms with Gasteiger partial charge >= 0.3 is 0 Å². The van der Waals surface area contributed by atoms with E-state index in [0.717, 1.165) is 13.0 Å². The summed E-state index contributed by atoms with van der Waals surface area (Å²) in [6, 6.07) is 2.88. The number of rotatable bonds is 9. The van der Waals surface area contributed by atoms with Crippen molar-refractivity contribution in [1.29, 1.82) is 0 Å². The van der Waals surface area contributed by atoms with Crippen molar-refractivity contribution in [3.63, 3.8) is 0 Å². The van der Waals surface area contributed by atoms with Crippen molar-refractivity contribution >= 4 is 11.3 Å². The first-order valence-electron chi connectivity index (χ1n) is 7.13. The summed E-state index contributed by atoms with van der Waals surface area (Å²) in [5, 5.41) is 5.89. The van der Waals surface area contributed by atoms with Gasteiger partial charge in [-0.15, -0.1) is 11.3 Å². The molecule has 0 aliphatic rings. The minimum atomic E-state index is 0.590. The lowest BCUT2D eigenvalue weighted by atomic mass is 10.0. The highest BCUT2D eigenvalue weighted by atomic mass is 32.1. The van der Waals surface area contributed by atoms with Crippen LogP contribution in [0.15, 0.2) is 11.4 Å². The molecule has 1 unspecified atom stereocenters. The van der Waals surface area contributed by atoms with Gasteiger partial charge in [0.15, 0.2) is 0 Å². The van der Waals surface area contributed by atoms with E-state index in [4.69, 9.17) is 0 Å². The van der Waals surface area contributed by atoms with Gasteiger partial charge in [0.2, 0.25) is 0 Å². The highest BCUT2D eigenvalue weighted by Gasteiger charge is 2.14. The van der Waals surface area contributed by atoms with Crippen LogP contribution in [0.1, 0.15) is 69.4 Å². The molecule has 0 saturated heterocycles. The third-order valence-electron chi connectivity index (χ3n) is 3.27. The number of thiophene rings is 1. The third-order valence-corrected chi connectivity index (χ3v) is 4.35. The number of unbranched alkanes of at least 4 members (excludes halogenated alkanes) is 3. The second kappa shape index (κ2) is 8.71. The summed E-state index contributed by atoms with van der Waals surface area (Å²) in [7, 11) is 0. The largest absolute Gasteiger partial charge is 0.310 e. The zero-order valence-corrected chi connectivity index (χ0v) is 12.4. The molecule has 0 saturated carbocycles. The molecule has 0 radical (unpaired) electrons. The summed E-state index contributed by atoms with van der Waals surface area (Å²) in [4.78, 5) is 1.57. The SMILES string of the molecule is CCCCCCC(NCC)c1sccc1CC. The van der Waals surface area contributed by atoms with E-state index in [9.17, 15) is 0 Å². The van der Waals surface area contributed by atoms with Crippen LogP contribution in [0.4, 0.5) is 0 Å².